The second-order valence-corrected chi connectivity index (χ2v) is 6.78. The lowest BCUT2D eigenvalue weighted by Gasteiger charge is -2.25. The van der Waals surface area contributed by atoms with Crippen molar-refractivity contribution in [2.45, 2.75) is 19.4 Å². The Hall–Kier alpha value is -3.41. The van der Waals surface area contributed by atoms with Crippen molar-refractivity contribution in [3.63, 3.8) is 0 Å². The molecule has 2 aliphatic rings. The Labute approximate surface area is 154 Å². The van der Waals surface area contributed by atoms with Crippen LogP contribution in [0.5, 0.6) is 5.75 Å². The van der Waals surface area contributed by atoms with Gasteiger partial charge < -0.3 is 14.4 Å². The number of aromatic nitrogens is 2. The van der Waals surface area contributed by atoms with Gasteiger partial charge in [0.15, 0.2) is 5.43 Å². The molecule has 4 heterocycles. The molecule has 134 valence electrons. The molecular weight excluding hydrogens is 344 g/mol. The second-order valence-electron chi connectivity index (χ2n) is 6.78. The fourth-order valence-electron chi connectivity index (χ4n) is 4.09. The zero-order chi connectivity index (χ0) is 18.5. The van der Waals surface area contributed by atoms with Gasteiger partial charge in [-0.15, -0.1) is 0 Å². The van der Waals surface area contributed by atoms with Gasteiger partial charge in [-0.25, -0.2) is 4.79 Å². The molecule has 6 heteroatoms. The first-order valence-corrected chi connectivity index (χ1v) is 8.83. The van der Waals surface area contributed by atoms with Crippen LogP contribution in [0.2, 0.25) is 0 Å². The lowest BCUT2D eigenvalue weighted by Crippen LogP contribution is -2.22. The lowest BCUT2D eigenvalue weighted by atomic mass is 9.87. The number of fused-ring (bicyclic) bond motifs is 5. The highest BCUT2D eigenvalue weighted by Gasteiger charge is 2.28. The first kappa shape index (κ1) is 15.8. The number of aryl methyl sites for hydroxylation is 1. The molecule has 2 aromatic heterocycles. The molecule has 0 radical (unpaired) electrons. The molecule has 5 rings (SSSR count). The van der Waals surface area contributed by atoms with E-state index >= 15 is 0 Å². The zero-order valence-electron chi connectivity index (χ0n) is 14.4. The summed E-state index contributed by atoms with van der Waals surface area (Å²) in [6.45, 7) is 1.29. The summed E-state index contributed by atoms with van der Waals surface area (Å²) in [6, 6.07) is 7.37. The highest BCUT2D eigenvalue weighted by Crippen LogP contribution is 2.45. The van der Waals surface area contributed by atoms with Crippen molar-refractivity contribution in [2.75, 3.05) is 6.61 Å². The van der Waals surface area contributed by atoms with Gasteiger partial charge in [0, 0.05) is 54.3 Å². The predicted octanol–water partition coefficient (Wildman–Crippen LogP) is 2.77. The van der Waals surface area contributed by atoms with E-state index in [2.05, 4.69) is 11.1 Å². The highest BCUT2D eigenvalue weighted by atomic mass is 16.5. The lowest BCUT2D eigenvalue weighted by molar-refractivity contribution is 0.0694. The van der Waals surface area contributed by atoms with E-state index < -0.39 is 11.4 Å². The van der Waals surface area contributed by atoms with Crippen molar-refractivity contribution in [1.82, 2.24) is 9.55 Å². The standard InChI is InChI=1S/C21H16N2O4/c24-19-10-18-16-9-15(12-1-5-22-6-2-12)20-14(4-8-27-20)13(16)3-7-23(18)11-17(19)21(25)26/h1-2,5-6,9-11H,3-4,7-8H2,(H,25,26). The van der Waals surface area contributed by atoms with Crippen LogP contribution < -0.4 is 10.2 Å². The molecule has 0 aliphatic carbocycles. The molecule has 3 aromatic rings. The molecule has 0 unspecified atom stereocenters. The maximum Gasteiger partial charge on any atom is 0.341 e. The number of carbonyl (C=O) groups is 1. The van der Waals surface area contributed by atoms with Crippen LogP contribution in [0.1, 0.15) is 21.5 Å². The third kappa shape index (κ3) is 2.37. The molecule has 0 fully saturated rings. The van der Waals surface area contributed by atoms with E-state index in [9.17, 15) is 14.7 Å². The smallest absolute Gasteiger partial charge is 0.341 e. The van der Waals surface area contributed by atoms with Crippen LogP contribution in [0, 0.1) is 0 Å². The number of benzene rings is 1. The number of carboxylic acids is 1. The first-order chi connectivity index (χ1) is 13.1. The van der Waals surface area contributed by atoms with E-state index in [1.807, 2.05) is 16.7 Å². The van der Waals surface area contributed by atoms with Gasteiger partial charge in [0.05, 0.1) is 12.3 Å². The molecule has 6 nitrogen and oxygen atoms in total. The third-order valence-corrected chi connectivity index (χ3v) is 5.32. The Morgan fingerprint density at radius 3 is 2.70 bits per heavy atom. The molecular formula is C21H16N2O4. The van der Waals surface area contributed by atoms with Crippen LogP contribution in [0.25, 0.3) is 22.4 Å². The van der Waals surface area contributed by atoms with Gasteiger partial charge in [0.25, 0.3) is 0 Å². The summed E-state index contributed by atoms with van der Waals surface area (Å²) in [4.78, 5) is 27.7. The summed E-state index contributed by atoms with van der Waals surface area (Å²) in [6.07, 6.45) is 6.57. The van der Waals surface area contributed by atoms with E-state index in [0.717, 1.165) is 41.0 Å². The molecule has 2 aliphatic heterocycles. The molecule has 1 N–H and O–H groups in total. The minimum Gasteiger partial charge on any atom is -0.492 e. The minimum atomic E-state index is -1.19. The summed E-state index contributed by atoms with van der Waals surface area (Å²) in [5.41, 5.74) is 5.45. The molecule has 0 saturated heterocycles. The Balaban J connectivity index is 1.79. The molecule has 0 amide bonds. The number of rotatable bonds is 2. The average Bonchev–Trinajstić information content (AvgIpc) is 3.17. The maximum atomic E-state index is 12.3. The van der Waals surface area contributed by atoms with Crippen LogP contribution in [0.15, 0.2) is 47.7 Å². The fourth-order valence-corrected chi connectivity index (χ4v) is 4.09. The van der Waals surface area contributed by atoms with E-state index in [-0.39, 0.29) is 5.56 Å². The zero-order valence-corrected chi connectivity index (χ0v) is 14.4. The fraction of sp³-hybridized carbons (Fsp3) is 0.190. The van der Waals surface area contributed by atoms with Gasteiger partial charge in [-0.3, -0.25) is 9.78 Å². The monoisotopic (exact) mass is 360 g/mol. The largest absolute Gasteiger partial charge is 0.492 e. The van der Waals surface area contributed by atoms with E-state index in [4.69, 9.17) is 4.74 Å². The van der Waals surface area contributed by atoms with Crippen molar-refractivity contribution in [2.24, 2.45) is 0 Å². The van der Waals surface area contributed by atoms with Gasteiger partial charge in [-0.1, -0.05) is 0 Å². The maximum absolute atomic E-state index is 12.3. The van der Waals surface area contributed by atoms with Crippen molar-refractivity contribution >= 4 is 5.97 Å². The quantitative estimate of drug-likeness (QED) is 0.760. The van der Waals surface area contributed by atoms with Gasteiger partial charge in [0.1, 0.15) is 11.3 Å². The van der Waals surface area contributed by atoms with Crippen LogP contribution in [0.3, 0.4) is 0 Å². The van der Waals surface area contributed by atoms with Gasteiger partial charge >= 0.3 is 5.97 Å². The summed E-state index contributed by atoms with van der Waals surface area (Å²) >= 11 is 0. The van der Waals surface area contributed by atoms with Crippen LogP contribution in [-0.4, -0.2) is 27.2 Å². The minimum absolute atomic E-state index is 0.193. The first-order valence-electron chi connectivity index (χ1n) is 8.83. The van der Waals surface area contributed by atoms with Crippen LogP contribution in [-0.2, 0) is 19.4 Å². The molecule has 0 spiro atoms. The summed E-state index contributed by atoms with van der Waals surface area (Å²) in [5, 5.41) is 9.25. The molecule has 0 saturated carbocycles. The summed E-state index contributed by atoms with van der Waals surface area (Å²) in [7, 11) is 0. The highest BCUT2D eigenvalue weighted by molar-refractivity contribution is 5.88. The second kappa shape index (κ2) is 5.81. The van der Waals surface area contributed by atoms with Crippen molar-refractivity contribution in [3.05, 3.63) is 69.8 Å². The van der Waals surface area contributed by atoms with Crippen molar-refractivity contribution in [3.8, 4) is 28.1 Å². The molecule has 1 aromatic carbocycles. The third-order valence-electron chi connectivity index (χ3n) is 5.32. The summed E-state index contributed by atoms with van der Waals surface area (Å²) in [5.74, 6) is -0.279. The SMILES string of the molecule is O=C(O)c1cn2c(cc1=O)-c1cc(-c3ccncc3)c3c(c1CC2)CCO3. The normalized spacial score (nSPS) is 14.1. The summed E-state index contributed by atoms with van der Waals surface area (Å²) < 4.78 is 7.81. The number of hydrogen-bond acceptors (Lipinski definition) is 4. The van der Waals surface area contributed by atoms with Crippen molar-refractivity contribution in [1.29, 1.82) is 0 Å². The topological polar surface area (TPSA) is 81.4 Å². The molecule has 0 bridgehead atoms. The number of nitrogens with zero attached hydrogens (tertiary/aromatic N) is 2. The van der Waals surface area contributed by atoms with Gasteiger partial charge in [-0.05, 0) is 35.7 Å². The van der Waals surface area contributed by atoms with Gasteiger partial charge in [-0.2, -0.15) is 0 Å². The number of aromatic carboxylic acids is 1. The molecule has 27 heavy (non-hydrogen) atoms. The van der Waals surface area contributed by atoms with E-state index in [1.54, 1.807) is 12.4 Å². The number of pyridine rings is 2. The Bertz CT molecular complexity index is 1150. The number of ether oxygens (including phenoxy) is 1. The Morgan fingerprint density at radius 1 is 1.11 bits per heavy atom. The predicted molar refractivity (Wildman–Crippen MR) is 99.2 cm³/mol. The van der Waals surface area contributed by atoms with Crippen molar-refractivity contribution < 1.29 is 14.6 Å². The van der Waals surface area contributed by atoms with Gasteiger partial charge in [0.2, 0.25) is 0 Å². The van der Waals surface area contributed by atoms with Crippen LogP contribution >= 0.6 is 0 Å². The average molecular weight is 360 g/mol. The Kier molecular flexibility index (Phi) is 3.40. The molecule has 0 atom stereocenters. The van der Waals surface area contributed by atoms with E-state index in [0.29, 0.717) is 13.2 Å². The van der Waals surface area contributed by atoms with Crippen LogP contribution in [0.4, 0.5) is 0 Å². The Morgan fingerprint density at radius 2 is 1.93 bits per heavy atom. The van der Waals surface area contributed by atoms with E-state index in [1.165, 1.54) is 23.4 Å². The number of hydrogen-bond donors (Lipinski definition) is 1. The number of carboxylic acid groups (broad SMARTS) is 1.